The van der Waals surface area contributed by atoms with Gasteiger partial charge in [0.25, 0.3) is 0 Å². The summed E-state index contributed by atoms with van der Waals surface area (Å²) in [6.07, 6.45) is 8.56. The van der Waals surface area contributed by atoms with Crippen molar-refractivity contribution in [2.75, 3.05) is 0 Å². The van der Waals surface area contributed by atoms with Crippen molar-refractivity contribution < 1.29 is 33.0 Å². The van der Waals surface area contributed by atoms with E-state index in [1.54, 1.807) is 20.8 Å². The molecule has 5 aliphatic carbocycles. The van der Waals surface area contributed by atoms with Crippen LogP contribution in [-0.4, -0.2) is 45.5 Å². The summed E-state index contributed by atoms with van der Waals surface area (Å²) in [5.74, 6) is -2.22. The van der Waals surface area contributed by atoms with Gasteiger partial charge in [-0.1, -0.05) is 52.0 Å². The molecule has 0 aliphatic heterocycles. The van der Waals surface area contributed by atoms with Crippen LogP contribution in [0.1, 0.15) is 91.4 Å². The minimum absolute atomic E-state index is 0.0587. The lowest BCUT2D eigenvalue weighted by Gasteiger charge is -2.63. The van der Waals surface area contributed by atoms with Crippen molar-refractivity contribution in [2.45, 2.75) is 115 Å². The van der Waals surface area contributed by atoms with E-state index in [4.69, 9.17) is 4.74 Å². The van der Waals surface area contributed by atoms with E-state index < -0.39 is 69.0 Å². The average molecular weight is 565 g/mol. The number of fused-ring (bicyclic) bond motifs is 5. The monoisotopic (exact) mass is 564 g/mol. The molecule has 5 nitrogen and oxygen atoms in total. The average Bonchev–Trinajstić information content (AvgIpc) is 3.10. The number of alkyl halides is 2. The van der Waals surface area contributed by atoms with Crippen molar-refractivity contribution in [3.63, 3.8) is 0 Å². The Labute approximate surface area is 235 Å². The molecule has 0 saturated heterocycles. The summed E-state index contributed by atoms with van der Waals surface area (Å²) in [4.78, 5) is 38.6. The zero-order chi connectivity index (χ0) is 28.4. The van der Waals surface area contributed by atoms with Crippen molar-refractivity contribution in [3.05, 3.63) is 23.8 Å². The number of hydrogen-bond donors (Lipinski definition) is 2. The van der Waals surface area contributed by atoms with Crippen molar-refractivity contribution in [1.82, 2.24) is 0 Å². The van der Waals surface area contributed by atoms with E-state index >= 15 is 8.78 Å². The van der Waals surface area contributed by atoms with E-state index in [0.717, 1.165) is 12.5 Å². The number of ketones is 1. The molecule has 1 unspecified atom stereocenters. The normalized spacial score (nSPS) is 45.7. The molecule has 8 heteroatoms. The molecule has 0 aromatic carbocycles. The number of thiol groups is 1. The number of allylic oxidation sites excluding steroid dienone is 4. The van der Waals surface area contributed by atoms with Gasteiger partial charge in [0, 0.05) is 29.1 Å². The second-order valence-corrected chi connectivity index (χ2v) is 13.8. The maximum absolute atomic E-state index is 17.4. The number of carbonyl (C=O) groups excluding carboxylic acids is 3. The van der Waals surface area contributed by atoms with Gasteiger partial charge in [0.1, 0.15) is 6.17 Å². The molecule has 0 heterocycles. The van der Waals surface area contributed by atoms with Gasteiger partial charge in [0.05, 0.1) is 6.10 Å². The van der Waals surface area contributed by atoms with Crippen LogP contribution >= 0.6 is 12.6 Å². The highest BCUT2D eigenvalue weighted by Gasteiger charge is 2.77. The molecule has 4 fully saturated rings. The molecule has 0 aromatic heterocycles. The van der Waals surface area contributed by atoms with Crippen molar-refractivity contribution >= 4 is 29.5 Å². The van der Waals surface area contributed by atoms with Crippen LogP contribution in [0.15, 0.2) is 23.8 Å². The fourth-order valence-corrected chi connectivity index (χ4v) is 10.0. The van der Waals surface area contributed by atoms with Crippen LogP contribution in [-0.2, 0) is 19.1 Å². The highest BCUT2D eigenvalue weighted by molar-refractivity contribution is 7.96. The summed E-state index contributed by atoms with van der Waals surface area (Å²) < 4.78 is 39.2. The first-order valence-electron chi connectivity index (χ1n) is 14.7. The van der Waals surface area contributed by atoms with E-state index in [1.165, 1.54) is 44.3 Å². The third kappa shape index (κ3) is 4.12. The van der Waals surface area contributed by atoms with Gasteiger partial charge in [-0.25, -0.2) is 8.78 Å². The second kappa shape index (κ2) is 10.1. The molecule has 0 radical (unpaired) electrons. The SMILES string of the molecule is CC1C[C@H]2[C@@H]3C[C@H](F)C4=CC(=O)C=C[C@]4(C)[C@@]3(F)[C@@H](O)C[C@]2(C)[C@@]1(OC(=O)CCCC1CCCCC1)C(=O)S. The van der Waals surface area contributed by atoms with E-state index in [2.05, 4.69) is 12.6 Å². The summed E-state index contributed by atoms with van der Waals surface area (Å²) in [6, 6.07) is 0. The van der Waals surface area contributed by atoms with Crippen LogP contribution in [0.4, 0.5) is 8.78 Å². The van der Waals surface area contributed by atoms with Gasteiger partial charge >= 0.3 is 5.97 Å². The van der Waals surface area contributed by atoms with Crippen molar-refractivity contribution in [1.29, 1.82) is 0 Å². The van der Waals surface area contributed by atoms with Crippen LogP contribution in [0.25, 0.3) is 0 Å². The molecule has 5 aliphatic rings. The van der Waals surface area contributed by atoms with Crippen LogP contribution < -0.4 is 0 Å². The Morgan fingerprint density at radius 2 is 1.85 bits per heavy atom. The van der Waals surface area contributed by atoms with Gasteiger partial charge in [-0.15, -0.1) is 12.6 Å². The Morgan fingerprint density at radius 3 is 2.51 bits per heavy atom. The van der Waals surface area contributed by atoms with Crippen LogP contribution in [0, 0.1) is 34.5 Å². The van der Waals surface area contributed by atoms with E-state index in [0.29, 0.717) is 18.8 Å². The number of esters is 1. The quantitative estimate of drug-likeness (QED) is 0.304. The van der Waals surface area contributed by atoms with Gasteiger partial charge in [0.15, 0.2) is 17.1 Å². The molecule has 5 rings (SSSR count). The molecule has 0 bridgehead atoms. The highest BCUT2D eigenvalue weighted by Crippen LogP contribution is 2.71. The maximum Gasteiger partial charge on any atom is 0.306 e. The molecule has 39 heavy (non-hydrogen) atoms. The number of hydrogen-bond acceptors (Lipinski definition) is 5. The largest absolute Gasteiger partial charge is 0.449 e. The zero-order valence-electron chi connectivity index (χ0n) is 23.3. The third-order valence-corrected chi connectivity index (χ3v) is 11.8. The summed E-state index contributed by atoms with van der Waals surface area (Å²) in [5.41, 5.74) is -6.47. The number of carbonyl (C=O) groups is 3. The van der Waals surface area contributed by atoms with Crippen molar-refractivity contribution in [2.24, 2.45) is 34.5 Å². The van der Waals surface area contributed by atoms with Crippen LogP contribution in [0.5, 0.6) is 0 Å². The molecule has 1 N–H and O–H groups in total. The molecule has 0 aromatic rings. The van der Waals surface area contributed by atoms with Gasteiger partial charge in [-0.2, -0.15) is 0 Å². The number of aliphatic hydroxyl groups excluding tert-OH is 1. The summed E-state index contributed by atoms with van der Waals surface area (Å²) in [7, 11) is 0. The Kier molecular flexibility index (Phi) is 7.48. The zero-order valence-corrected chi connectivity index (χ0v) is 24.2. The van der Waals surface area contributed by atoms with Crippen molar-refractivity contribution in [3.8, 4) is 0 Å². The first kappa shape index (κ1) is 29.0. The van der Waals surface area contributed by atoms with E-state index in [9.17, 15) is 19.5 Å². The first-order chi connectivity index (χ1) is 18.3. The lowest BCUT2D eigenvalue weighted by atomic mass is 9.44. The lowest BCUT2D eigenvalue weighted by molar-refractivity contribution is -0.228. The van der Waals surface area contributed by atoms with E-state index in [1.807, 2.05) is 0 Å². The second-order valence-electron chi connectivity index (χ2n) is 13.4. The molecule has 9 atom stereocenters. The van der Waals surface area contributed by atoms with Gasteiger partial charge in [0.2, 0.25) is 5.12 Å². The highest BCUT2D eigenvalue weighted by atomic mass is 32.1. The first-order valence-corrected chi connectivity index (χ1v) is 15.2. The number of halogens is 2. The molecular formula is C31H42F2O5S. The minimum atomic E-state index is -2.25. The summed E-state index contributed by atoms with van der Waals surface area (Å²) in [6.45, 7) is 5.13. The Balaban J connectivity index is 1.43. The molecule has 0 spiro atoms. The summed E-state index contributed by atoms with van der Waals surface area (Å²) in [5, 5.41) is 10.9. The van der Waals surface area contributed by atoms with Gasteiger partial charge in [-0.05, 0) is 68.6 Å². The number of aliphatic hydroxyl groups is 1. The third-order valence-electron chi connectivity index (χ3n) is 11.5. The standard InChI is InChI=1S/C31H42F2O5S/c1-18-14-21-22-16-24(32)23-15-20(34)12-13-28(23,2)30(22,33)25(35)17-29(21,3)31(18,27(37)39)38-26(36)11-7-10-19-8-5-4-6-9-19/h12-13,15,18-19,21-22,24-25,35H,4-11,14,16-17H2,1-3H3,(H,37,39)/t18?,21-,22-,24-,25-,28-,29-,30-,31-/m0/s1. The molecular weight excluding hydrogens is 522 g/mol. The summed E-state index contributed by atoms with van der Waals surface area (Å²) >= 11 is 4.22. The van der Waals surface area contributed by atoms with Crippen LogP contribution in [0.3, 0.4) is 0 Å². The molecule has 216 valence electrons. The lowest BCUT2D eigenvalue weighted by Crippen LogP contribution is -2.70. The topological polar surface area (TPSA) is 80.7 Å². The predicted molar refractivity (Wildman–Crippen MR) is 146 cm³/mol. The van der Waals surface area contributed by atoms with Gasteiger partial charge < -0.3 is 9.84 Å². The Bertz CT molecular complexity index is 1100. The Morgan fingerprint density at radius 1 is 1.15 bits per heavy atom. The number of rotatable bonds is 6. The molecule has 0 amide bonds. The minimum Gasteiger partial charge on any atom is -0.449 e. The smallest absolute Gasteiger partial charge is 0.306 e. The fraction of sp³-hybridized carbons (Fsp3) is 0.774. The predicted octanol–water partition coefficient (Wildman–Crippen LogP) is 6.04. The van der Waals surface area contributed by atoms with Crippen LogP contribution in [0.2, 0.25) is 0 Å². The fourth-order valence-electron chi connectivity index (χ4n) is 9.48. The van der Waals surface area contributed by atoms with Gasteiger partial charge in [-0.3, -0.25) is 14.4 Å². The Hall–Kier alpha value is -1.54. The van der Waals surface area contributed by atoms with E-state index in [-0.39, 0.29) is 24.8 Å². The number of ether oxygens (including phenoxy) is 1. The molecule has 4 saturated carbocycles. The maximum atomic E-state index is 17.4.